The molecule has 20 heavy (non-hydrogen) atoms. The molecule has 0 aliphatic heterocycles. The van der Waals surface area contributed by atoms with Gasteiger partial charge in [0.2, 0.25) is 0 Å². The van der Waals surface area contributed by atoms with E-state index in [2.05, 4.69) is 4.74 Å². The summed E-state index contributed by atoms with van der Waals surface area (Å²) in [5.41, 5.74) is 5.84. The average Bonchev–Trinajstić information content (AvgIpc) is 2.25. The summed E-state index contributed by atoms with van der Waals surface area (Å²) in [5.74, 6) is -0.496. The fourth-order valence-electron chi connectivity index (χ4n) is 1.56. The van der Waals surface area contributed by atoms with Gasteiger partial charge in [-0.3, -0.25) is 0 Å². The van der Waals surface area contributed by atoms with Gasteiger partial charge in [-0.15, -0.1) is 13.2 Å². The van der Waals surface area contributed by atoms with E-state index in [4.69, 9.17) is 5.73 Å². The Morgan fingerprint density at radius 2 is 1.70 bits per heavy atom. The zero-order valence-electron chi connectivity index (χ0n) is 11.2. The van der Waals surface area contributed by atoms with Crippen LogP contribution < -0.4 is 10.5 Å². The van der Waals surface area contributed by atoms with Gasteiger partial charge in [-0.2, -0.15) is 0 Å². The third-order valence-electron chi connectivity index (χ3n) is 3.18. The average molecular weight is 311 g/mol. The Morgan fingerprint density at radius 1 is 1.20 bits per heavy atom. The molecule has 1 aromatic carbocycles. The van der Waals surface area contributed by atoms with Gasteiger partial charge in [0.1, 0.15) is 5.75 Å². The van der Waals surface area contributed by atoms with E-state index in [1.54, 1.807) is 0 Å². The Morgan fingerprint density at radius 3 is 2.15 bits per heavy atom. The van der Waals surface area contributed by atoms with Gasteiger partial charge in [-0.25, -0.2) is 8.42 Å². The second kappa shape index (κ2) is 5.25. The van der Waals surface area contributed by atoms with Crippen LogP contribution >= 0.6 is 0 Å². The van der Waals surface area contributed by atoms with Gasteiger partial charge in [-0.1, -0.05) is 18.2 Å². The van der Waals surface area contributed by atoms with Crippen LogP contribution in [0.5, 0.6) is 5.75 Å². The van der Waals surface area contributed by atoms with Crippen molar-refractivity contribution in [3.63, 3.8) is 0 Å². The molecule has 0 radical (unpaired) electrons. The Labute approximate surface area is 115 Å². The molecule has 0 aliphatic rings. The molecule has 4 nitrogen and oxygen atoms in total. The SMILES string of the molecule is CC(C)(C(N)c1ccccc1OC(F)(F)F)S(C)(=O)=O. The number of hydrogen-bond acceptors (Lipinski definition) is 4. The van der Waals surface area contributed by atoms with Gasteiger partial charge < -0.3 is 10.5 Å². The van der Waals surface area contributed by atoms with Crippen LogP contribution in [0.4, 0.5) is 13.2 Å². The lowest BCUT2D eigenvalue weighted by Crippen LogP contribution is -2.42. The maximum atomic E-state index is 12.3. The molecule has 0 saturated carbocycles. The molecule has 1 unspecified atom stereocenters. The van der Waals surface area contributed by atoms with Crippen LogP contribution in [-0.4, -0.2) is 25.8 Å². The number of halogens is 3. The molecular weight excluding hydrogens is 295 g/mol. The smallest absolute Gasteiger partial charge is 0.405 e. The van der Waals surface area contributed by atoms with Crippen LogP contribution in [0.15, 0.2) is 24.3 Å². The van der Waals surface area contributed by atoms with E-state index in [0.29, 0.717) is 0 Å². The van der Waals surface area contributed by atoms with Crippen LogP contribution in [0.2, 0.25) is 0 Å². The van der Waals surface area contributed by atoms with Crippen LogP contribution in [0.25, 0.3) is 0 Å². The van der Waals surface area contributed by atoms with Crippen molar-refractivity contribution in [1.82, 2.24) is 0 Å². The fourth-order valence-corrected chi connectivity index (χ4v) is 2.15. The number of hydrogen-bond donors (Lipinski definition) is 1. The molecule has 0 bridgehead atoms. The van der Waals surface area contributed by atoms with Crippen LogP contribution in [0, 0.1) is 0 Å². The van der Waals surface area contributed by atoms with E-state index < -0.39 is 32.7 Å². The lowest BCUT2D eigenvalue weighted by Gasteiger charge is -2.31. The largest absolute Gasteiger partial charge is 0.573 e. The Bertz CT molecular complexity index is 582. The van der Waals surface area contributed by atoms with Crippen molar-refractivity contribution in [2.24, 2.45) is 5.73 Å². The highest BCUT2D eigenvalue weighted by Crippen LogP contribution is 2.36. The number of ether oxygens (including phenoxy) is 1. The van der Waals surface area contributed by atoms with Gasteiger partial charge >= 0.3 is 6.36 Å². The van der Waals surface area contributed by atoms with Gasteiger partial charge in [0.05, 0.1) is 10.8 Å². The van der Waals surface area contributed by atoms with Crippen LogP contribution in [-0.2, 0) is 9.84 Å². The molecule has 2 N–H and O–H groups in total. The summed E-state index contributed by atoms with van der Waals surface area (Å²) in [7, 11) is -3.57. The molecule has 0 spiro atoms. The highest BCUT2D eigenvalue weighted by molar-refractivity contribution is 7.92. The molecule has 114 valence electrons. The number of rotatable bonds is 4. The summed E-state index contributed by atoms with van der Waals surface area (Å²) in [6, 6.07) is 4.08. The summed E-state index contributed by atoms with van der Waals surface area (Å²) >= 11 is 0. The predicted molar refractivity (Wildman–Crippen MR) is 69.0 cm³/mol. The molecule has 0 heterocycles. The summed E-state index contributed by atoms with van der Waals surface area (Å²) in [5, 5.41) is 0. The molecule has 0 aliphatic carbocycles. The zero-order chi connectivity index (χ0) is 15.8. The van der Waals surface area contributed by atoms with Crippen molar-refractivity contribution in [1.29, 1.82) is 0 Å². The van der Waals surface area contributed by atoms with E-state index in [0.717, 1.165) is 12.3 Å². The Balaban J connectivity index is 3.27. The molecule has 0 fully saturated rings. The summed E-state index contributed by atoms with van der Waals surface area (Å²) in [4.78, 5) is 0. The van der Waals surface area contributed by atoms with Crippen LogP contribution in [0.3, 0.4) is 0 Å². The number of alkyl halides is 3. The second-order valence-corrected chi connectivity index (χ2v) is 7.54. The molecule has 0 amide bonds. The number of nitrogens with two attached hydrogens (primary N) is 1. The molecular formula is C12H16F3NO3S. The molecule has 1 rings (SSSR count). The van der Waals surface area contributed by atoms with E-state index in [1.165, 1.54) is 32.0 Å². The third-order valence-corrected chi connectivity index (χ3v) is 5.35. The van der Waals surface area contributed by atoms with Gasteiger partial charge in [0, 0.05) is 11.8 Å². The summed E-state index contributed by atoms with van der Waals surface area (Å²) in [6.07, 6.45) is -3.88. The second-order valence-electron chi connectivity index (χ2n) is 4.94. The third kappa shape index (κ3) is 3.63. The van der Waals surface area contributed by atoms with Gasteiger partial charge in [0.15, 0.2) is 9.84 Å². The molecule has 0 saturated heterocycles. The van der Waals surface area contributed by atoms with Crippen LogP contribution in [0.1, 0.15) is 25.5 Å². The number of para-hydroxylation sites is 1. The quantitative estimate of drug-likeness (QED) is 0.927. The highest BCUT2D eigenvalue weighted by atomic mass is 32.2. The molecule has 1 aromatic rings. The minimum absolute atomic E-state index is 0.0137. The van der Waals surface area contributed by atoms with Crippen molar-refractivity contribution in [2.45, 2.75) is 31.0 Å². The molecule has 8 heteroatoms. The van der Waals surface area contributed by atoms with E-state index >= 15 is 0 Å². The maximum absolute atomic E-state index is 12.3. The fraction of sp³-hybridized carbons (Fsp3) is 0.500. The standard InChI is InChI=1S/C12H16F3NO3S/c1-11(2,20(3,17)18)10(16)8-6-4-5-7-9(8)19-12(13,14)15/h4-7,10H,16H2,1-3H3. The highest BCUT2D eigenvalue weighted by Gasteiger charge is 2.40. The topological polar surface area (TPSA) is 69.4 Å². The Hall–Kier alpha value is -1.28. The van der Waals surface area contributed by atoms with E-state index in [9.17, 15) is 21.6 Å². The van der Waals surface area contributed by atoms with Crippen molar-refractivity contribution in [3.05, 3.63) is 29.8 Å². The maximum Gasteiger partial charge on any atom is 0.573 e. The zero-order valence-corrected chi connectivity index (χ0v) is 12.0. The minimum Gasteiger partial charge on any atom is -0.405 e. The normalized spacial score (nSPS) is 14.9. The predicted octanol–water partition coefficient (Wildman–Crippen LogP) is 2.41. The first kappa shape index (κ1) is 16.8. The molecule has 0 aromatic heterocycles. The monoisotopic (exact) mass is 311 g/mol. The van der Waals surface area contributed by atoms with Crippen molar-refractivity contribution in [2.75, 3.05) is 6.26 Å². The first-order chi connectivity index (χ1) is 8.86. The van der Waals surface area contributed by atoms with Gasteiger partial charge in [0.25, 0.3) is 0 Å². The first-order valence-corrected chi connectivity index (χ1v) is 7.55. The molecule has 1 atom stereocenters. The van der Waals surface area contributed by atoms with Crippen molar-refractivity contribution < 1.29 is 26.3 Å². The summed E-state index contributed by atoms with van der Waals surface area (Å²) < 4.78 is 62.9. The van der Waals surface area contributed by atoms with Gasteiger partial charge in [-0.05, 0) is 19.9 Å². The summed E-state index contributed by atoms with van der Waals surface area (Å²) in [6.45, 7) is 2.72. The lowest BCUT2D eigenvalue weighted by atomic mass is 9.95. The minimum atomic E-state index is -4.87. The van der Waals surface area contributed by atoms with E-state index in [1.807, 2.05) is 0 Å². The lowest BCUT2D eigenvalue weighted by molar-refractivity contribution is -0.275. The van der Waals surface area contributed by atoms with Crippen molar-refractivity contribution >= 4 is 9.84 Å². The van der Waals surface area contributed by atoms with Crippen molar-refractivity contribution in [3.8, 4) is 5.75 Å². The first-order valence-electron chi connectivity index (χ1n) is 5.66. The van der Waals surface area contributed by atoms with E-state index in [-0.39, 0.29) is 5.56 Å². The number of sulfone groups is 1. The number of benzene rings is 1. The Kier molecular flexibility index (Phi) is 4.40.